The number of aliphatic hydroxyl groups is 3. The summed E-state index contributed by atoms with van der Waals surface area (Å²) in [5.74, 6) is 0.550. The molecule has 1 saturated heterocycles. The second-order valence-electron chi connectivity index (χ2n) is 12.1. The first-order valence-corrected chi connectivity index (χ1v) is 14.7. The molecule has 5 atom stereocenters. The van der Waals surface area contributed by atoms with E-state index < -0.39 is 29.8 Å². The molecule has 2 aliphatic carbocycles. The van der Waals surface area contributed by atoms with E-state index in [0.29, 0.717) is 24.8 Å². The number of thiazole rings is 1. The number of aryl methyl sites for hydroxylation is 2. The summed E-state index contributed by atoms with van der Waals surface area (Å²) in [6.45, 7) is 7.83. The van der Waals surface area contributed by atoms with Crippen molar-refractivity contribution in [3.63, 3.8) is 0 Å². The van der Waals surface area contributed by atoms with Crippen LogP contribution in [-0.2, 0) is 4.74 Å². The Hall–Kier alpha value is -2.44. The van der Waals surface area contributed by atoms with E-state index in [1.165, 1.54) is 12.8 Å². The minimum atomic E-state index is -1.13. The van der Waals surface area contributed by atoms with Crippen LogP contribution in [0.1, 0.15) is 63.8 Å². The Kier molecular flexibility index (Phi) is 6.78. The molecule has 3 aliphatic rings. The third kappa shape index (κ3) is 4.99. The first kappa shape index (κ1) is 26.8. The van der Waals surface area contributed by atoms with Gasteiger partial charge in [-0.25, -0.2) is 9.97 Å². The minimum Gasteiger partial charge on any atom is -0.390 e. The van der Waals surface area contributed by atoms with Crippen molar-refractivity contribution in [3.05, 3.63) is 23.7 Å². The molecule has 2 saturated carbocycles. The smallest absolute Gasteiger partial charge is 0.225 e. The highest BCUT2D eigenvalue weighted by Crippen LogP contribution is 2.43. The van der Waals surface area contributed by atoms with Crippen LogP contribution in [0.3, 0.4) is 0 Å². The quantitative estimate of drug-likeness (QED) is 0.306. The molecule has 0 amide bonds. The molecule has 3 aromatic rings. The number of nitrogens with one attached hydrogen (secondary N) is 2. The van der Waals surface area contributed by atoms with Crippen LogP contribution in [0.15, 0.2) is 12.3 Å². The minimum absolute atomic E-state index is 0.0170. The van der Waals surface area contributed by atoms with Gasteiger partial charge < -0.3 is 30.7 Å². The lowest BCUT2D eigenvalue weighted by atomic mass is 9.88. The van der Waals surface area contributed by atoms with E-state index in [4.69, 9.17) is 19.7 Å². The molecular formula is C28H38N6O4S. The number of hydrogen-bond donors (Lipinski definition) is 5. The van der Waals surface area contributed by atoms with Crippen LogP contribution in [0.5, 0.6) is 0 Å². The summed E-state index contributed by atoms with van der Waals surface area (Å²) in [4.78, 5) is 19.0. The number of aliphatic hydroxyl groups excluding tert-OH is 2. The van der Waals surface area contributed by atoms with Crippen LogP contribution >= 0.6 is 11.3 Å². The van der Waals surface area contributed by atoms with Crippen molar-refractivity contribution in [3.8, 4) is 10.6 Å². The van der Waals surface area contributed by atoms with Gasteiger partial charge in [-0.2, -0.15) is 4.98 Å². The molecule has 0 aromatic carbocycles. The maximum Gasteiger partial charge on any atom is 0.225 e. The summed E-state index contributed by atoms with van der Waals surface area (Å²) in [6.07, 6.45) is 5.62. The third-order valence-corrected chi connectivity index (χ3v) is 9.80. The van der Waals surface area contributed by atoms with E-state index in [0.717, 1.165) is 51.4 Å². The predicted octanol–water partition coefficient (Wildman–Crippen LogP) is 3.57. The zero-order valence-electron chi connectivity index (χ0n) is 22.9. The highest BCUT2D eigenvalue weighted by molar-refractivity contribution is 7.21. The number of anilines is 2. The maximum absolute atomic E-state index is 10.9. The SMILES string of the molecule is Cc1nc(NC2COC3(CCCC3)C2)nc(NC2CC(C(C)(C)O)C(O)C2O)c1-c1nc2c(C)nccc2s1. The van der Waals surface area contributed by atoms with Crippen molar-refractivity contribution in [1.82, 2.24) is 19.9 Å². The van der Waals surface area contributed by atoms with Gasteiger partial charge in [-0.05, 0) is 59.4 Å². The predicted molar refractivity (Wildman–Crippen MR) is 151 cm³/mol. The summed E-state index contributed by atoms with van der Waals surface area (Å²) in [7, 11) is 0. The summed E-state index contributed by atoms with van der Waals surface area (Å²) in [6, 6.07) is 1.56. The van der Waals surface area contributed by atoms with Gasteiger partial charge >= 0.3 is 0 Å². The summed E-state index contributed by atoms with van der Waals surface area (Å²) >= 11 is 1.54. The molecule has 39 heavy (non-hydrogen) atoms. The topological polar surface area (TPSA) is 146 Å². The van der Waals surface area contributed by atoms with Crippen molar-refractivity contribution < 1.29 is 20.1 Å². The normalized spacial score (nSPS) is 28.5. The van der Waals surface area contributed by atoms with Gasteiger partial charge in [0.2, 0.25) is 5.95 Å². The number of fused-ring (bicyclic) bond motifs is 1. The van der Waals surface area contributed by atoms with Crippen molar-refractivity contribution >= 4 is 33.3 Å². The Bertz CT molecular complexity index is 1370. The van der Waals surface area contributed by atoms with Gasteiger partial charge in [0.25, 0.3) is 0 Å². The van der Waals surface area contributed by atoms with E-state index in [9.17, 15) is 15.3 Å². The van der Waals surface area contributed by atoms with Gasteiger partial charge in [-0.1, -0.05) is 12.8 Å². The first-order chi connectivity index (χ1) is 18.5. The van der Waals surface area contributed by atoms with Crippen molar-refractivity contribution in [1.29, 1.82) is 0 Å². The fraction of sp³-hybridized carbons (Fsp3) is 0.643. The fourth-order valence-corrected chi connectivity index (χ4v) is 7.74. The number of ether oxygens (including phenoxy) is 1. The molecule has 0 bridgehead atoms. The van der Waals surface area contributed by atoms with Crippen molar-refractivity contribution in [2.75, 3.05) is 17.2 Å². The third-order valence-electron chi connectivity index (χ3n) is 8.76. The Balaban J connectivity index is 1.35. The lowest BCUT2D eigenvalue weighted by Crippen LogP contribution is -2.40. The number of aromatic nitrogens is 4. The van der Waals surface area contributed by atoms with Crippen molar-refractivity contribution in [2.24, 2.45) is 5.92 Å². The zero-order chi connectivity index (χ0) is 27.5. The Morgan fingerprint density at radius 1 is 1.05 bits per heavy atom. The molecule has 5 unspecified atom stereocenters. The van der Waals surface area contributed by atoms with Crippen LogP contribution in [0, 0.1) is 19.8 Å². The summed E-state index contributed by atoms with van der Waals surface area (Å²) < 4.78 is 7.25. The monoisotopic (exact) mass is 554 g/mol. The number of pyridine rings is 1. The van der Waals surface area contributed by atoms with Gasteiger partial charge in [-0.3, -0.25) is 4.98 Å². The molecule has 3 fully saturated rings. The lowest BCUT2D eigenvalue weighted by Gasteiger charge is -2.28. The highest BCUT2D eigenvalue weighted by atomic mass is 32.1. The van der Waals surface area contributed by atoms with Gasteiger partial charge in [0.05, 0.1) is 57.6 Å². The zero-order valence-corrected chi connectivity index (χ0v) is 23.8. The average molecular weight is 555 g/mol. The van der Waals surface area contributed by atoms with E-state index in [1.807, 2.05) is 19.9 Å². The number of rotatable bonds is 6. The van der Waals surface area contributed by atoms with Gasteiger partial charge in [0.1, 0.15) is 22.4 Å². The lowest BCUT2D eigenvalue weighted by molar-refractivity contribution is -0.0601. The second kappa shape index (κ2) is 9.88. The second-order valence-corrected chi connectivity index (χ2v) is 13.1. The van der Waals surface area contributed by atoms with Crippen LogP contribution in [0.4, 0.5) is 11.8 Å². The molecular weight excluding hydrogens is 516 g/mol. The summed E-state index contributed by atoms with van der Waals surface area (Å²) in [5.41, 5.74) is 2.05. The van der Waals surface area contributed by atoms with Gasteiger partial charge in [0, 0.05) is 12.1 Å². The van der Waals surface area contributed by atoms with Crippen LogP contribution < -0.4 is 10.6 Å². The Morgan fingerprint density at radius 2 is 1.82 bits per heavy atom. The van der Waals surface area contributed by atoms with E-state index in [2.05, 4.69) is 15.6 Å². The van der Waals surface area contributed by atoms with E-state index >= 15 is 0 Å². The molecule has 6 rings (SSSR count). The van der Waals surface area contributed by atoms with Crippen molar-refractivity contribution in [2.45, 2.75) is 102 Å². The molecule has 0 radical (unpaired) electrons. The standard InChI is InChI=1S/C28H38N6O4S/c1-14-20(25-33-21-15(2)29-10-7-19(21)39-25)24(32-18-11-17(27(3,4)37)22(35)23(18)36)34-26(30-14)31-16-12-28(38-13-16)8-5-6-9-28/h7,10,16-18,22-23,35-37H,5-6,8-9,11-13H2,1-4H3,(H2,30,31,32,34). The fourth-order valence-electron chi connectivity index (χ4n) is 6.63. The molecule has 1 spiro atoms. The maximum atomic E-state index is 10.9. The molecule has 210 valence electrons. The molecule has 3 aromatic heterocycles. The number of hydrogen-bond acceptors (Lipinski definition) is 11. The number of nitrogens with zero attached hydrogens (tertiary/aromatic N) is 4. The summed E-state index contributed by atoms with van der Waals surface area (Å²) in [5, 5.41) is 39.9. The molecule has 1 aliphatic heterocycles. The molecule has 4 heterocycles. The van der Waals surface area contributed by atoms with Gasteiger partial charge in [0.15, 0.2) is 0 Å². The highest BCUT2D eigenvalue weighted by Gasteiger charge is 2.48. The Morgan fingerprint density at radius 3 is 2.51 bits per heavy atom. The van der Waals surface area contributed by atoms with E-state index in [-0.39, 0.29) is 11.6 Å². The Labute approximate surface area is 232 Å². The first-order valence-electron chi connectivity index (χ1n) is 13.9. The van der Waals surface area contributed by atoms with Crippen LogP contribution in [0.25, 0.3) is 20.8 Å². The molecule has 11 heteroatoms. The average Bonchev–Trinajstić information content (AvgIpc) is 3.65. The van der Waals surface area contributed by atoms with Crippen LogP contribution in [0.2, 0.25) is 0 Å². The van der Waals surface area contributed by atoms with Crippen LogP contribution in [-0.4, -0.2) is 77.4 Å². The van der Waals surface area contributed by atoms with Gasteiger partial charge in [-0.15, -0.1) is 11.3 Å². The molecule has 10 nitrogen and oxygen atoms in total. The molecule has 5 N–H and O–H groups in total. The largest absolute Gasteiger partial charge is 0.390 e. The van der Waals surface area contributed by atoms with E-state index in [1.54, 1.807) is 31.4 Å².